The Labute approximate surface area is 158 Å². The van der Waals surface area contributed by atoms with E-state index in [-0.39, 0.29) is 41.5 Å². The summed E-state index contributed by atoms with van der Waals surface area (Å²) in [6.45, 7) is 2.51. The number of nitrogens with zero attached hydrogens (tertiary/aromatic N) is 2. The van der Waals surface area contributed by atoms with Crippen LogP contribution in [0.4, 0.5) is 10.1 Å². The van der Waals surface area contributed by atoms with Gasteiger partial charge in [0.2, 0.25) is 0 Å². The molecule has 1 unspecified atom stereocenters. The maximum absolute atomic E-state index is 13.7. The van der Waals surface area contributed by atoms with Crippen LogP contribution in [0.3, 0.4) is 0 Å². The van der Waals surface area contributed by atoms with E-state index in [1.54, 1.807) is 35.2 Å². The third-order valence-corrected chi connectivity index (χ3v) is 6.42. The molecule has 1 aliphatic rings. The van der Waals surface area contributed by atoms with Gasteiger partial charge in [0.25, 0.3) is 5.91 Å². The first-order chi connectivity index (χ1) is 12.9. The molecule has 2 heterocycles. The predicted molar refractivity (Wildman–Crippen MR) is 102 cm³/mol. The van der Waals surface area contributed by atoms with Crippen molar-refractivity contribution in [3.63, 3.8) is 0 Å². The summed E-state index contributed by atoms with van der Waals surface area (Å²) in [6, 6.07) is 9.47. The predicted octanol–water partition coefficient (Wildman–Crippen LogP) is 2.48. The molecule has 1 aromatic heterocycles. The lowest BCUT2D eigenvalue weighted by Crippen LogP contribution is -2.41. The second-order valence-electron chi connectivity index (χ2n) is 6.52. The Kier molecular flexibility index (Phi) is 5.74. The number of hydrogen-bond donors (Lipinski definition) is 1. The molecular weight excluding hydrogens is 369 g/mol. The number of sulfone groups is 1. The van der Waals surface area contributed by atoms with Crippen LogP contribution in [-0.4, -0.2) is 48.3 Å². The molecule has 144 valence electrons. The smallest absolute Gasteiger partial charge is 0.272 e. The highest BCUT2D eigenvalue weighted by molar-refractivity contribution is 7.91. The zero-order valence-electron chi connectivity index (χ0n) is 15.1. The van der Waals surface area contributed by atoms with Gasteiger partial charge in [0, 0.05) is 36.6 Å². The van der Waals surface area contributed by atoms with Crippen molar-refractivity contribution in [2.75, 3.05) is 23.4 Å². The van der Waals surface area contributed by atoms with Crippen LogP contribution in [0.15, 0.2) is 42.6 Å². The lowest BCUT2D eigenvalue weighted by atomic mass is 10.2. The fourth-order valence-corrected chi connectivity index (χ4v) is 4.96. The van der Waals surface area contributed by atoms with Gasteiger partial charge in [-0.25, -0.2) is 12.8 Å². The number of pyridine rings is 1. The zero-order valence-corrected chi connectivity index (χ0v) is 15.9. The number of hydrogen-bond acceptors (Lipinski definition) is 5. The largest absolute Gasteiger partial charge is 0.381 e. The molecule has 1 atom stereocenters. The Bertz CT molecular complexity index is 933. The Balaban J connectivity index is 1.72. The Morgan fingerprint density at radius 3 is 2.78 bits per heavy atom. The monoisotopic (exact) mass is 391 g/mol. The summed E-state index contributed by atoms with van der Waals surface area (Å²) in [4.78, 5) is 18.5. The van der Waals surface area contributed by atoms with E-state index in [1.807, 2.05) is 6.92 Å². The maximum atomic E-state index is 13.7. The molecule has 1 saturated heterocycles. The lowest BCUT2D eigenvalue weighted by molar-refractivity contribution is 0.0702. The minimum Gasteiger partial charge on any atom is -0.381 e. The van der Waals surface area contributed by atoms with Gasteiger partial charge in [-0.05, 0) is 31.5 Å². The summed E-state index contributed by atoms with van der Waals surface area (Å²) in [7, 11) is -3.08. The van der Waals surface area contributed by atoms with E-state index in [0.717, 1.165) is 0 Å². The van der Waals surface area contributed by atoms with E-state index in [1.165, 1.54) is 12.3 Å². The lowest BCUT2D eigenvalue weighted by Gasteiger charge is -2.26. The van der Waals surface area contributed by atoms with Gasteiger partial charge >= 0.3 is 0 Å². The van der Waals surface area contributed by atoms with Crippen LogP contribution in [0, 0.1) is 5.82 Å². The third kappa shape index (κ3) is 4.63. The van der Waals surface area contributed by atoms with Gasteiger partial charge in [0.1, 0.15) is 11.5 Å². The molecule has 0 radical (unpaired) electrons. The van der Waals surface area contributed by atoms with E-state index in [0.29, 0.717) is 24.2 Å². The van der Waals surface area contributed by atoms with Crippen molar-refractivity contribution in [1.82, 2.24) is 9.88 Å². The van der Waals surface area contributed by atoms with Crippen molar-refractivity contribution in [1.29, 1.82) is 0 Å². The molecule has 1 amide bonds. The fourth-order valence-electron chi connectivity index (χ4n) is 3.23. The molecule has 2 aromatic rings. The molecule has 1 aromatic carbocycles. The molecule has 27 heavy (non-hydrogen) atoms. The van der Waals surface area contributed by atoms with Gasteiger partial charge in [-0.1, -0.05) is 18.2 Å². The van der Waals surface area contributed by atoms with Crippen molar-refractivity contribution in [2.45, 2.75) is 25.9 Å². The van der Waals surface area contributed by atoms with E-state index in [4.69, 9.17) is 0 Å². The van der Waals surface area contributed by atoms with Crippen LogP contribution >= 0.6 is 0 Å². The number of carbonyl (C=O) groups is 1. The number of aromatic nitrogens is 1. The molecule has 1 aliphatic heterocycles. The van der Waals surface area contributed by atoms with Crippen LogP contribution in [0.5, 0.6) is 0 Å². The molecular formula is C19H22FN3O3S. The second-order valence-corrected chi connectivity index (χ2v) is 8.75. The van der Waals surface area contributed by atoms with Crippen LogP contribution in [0.25, 0.3) is 0 Å². The van der Waals surface area contributed by atoms with Crippen molar-refractivity contribution < 1.29 is 17.6 Å². The van der Waals surface area contributed by atoms with Crippen molar-refractivity contribution in [3.8, 4) is 0 Å². The third-order valence-electron chi connectivity index (χ3n) is 4.67. The SMILES string of the molecule is CCN(C(=O)c1cc(NCc2ccccc2F)ccn1)C1CCS(=O)(=O)C1. The second kappa shape index (κ2) is 8.04. The van der Waals surface area contributed by atoms with Gasteiger partial charge in [-0.15, -0.1) is 0 Å². The van der Waals surface area contributed by atoms with Gasteiger partial charge in [-0.2, -0.15) is 0 Å². The first-order valence-electron chi connectivity index (χ1n) is 8.84. The number of nitrogens with one attached hydrogen (secondary N) is 1. The normalized spacial score (nSPS) is 18.2. The summed E-state index contributed by atoms with van der Waals surface area (Å²) >= 11 is 0. The molecule has 0 bridgehead atoms. The number of anilines is 1. The Morgan fingerprint density at radius 1 is 1.33 bits per heavy atom. The molecule has 1 N–H and O–H groups in total. The van der Waals surface area contributed by atoms with Gasteiger partial charge in [0.05, 0.1) is 11.5 Å². The number of carbonyl (C=O) groups excluding carboxylic acids is 1. The highest BCUT2D eigenvalue weighted by atomic mass is 32.2. The minimum atomic E-state index is -3.08. The first kappa shape index (κ1) is 19.3. The van der Waals surface area contributed by atoms with Crippen LogP contribution in [-0.2, 0) is 16.4 Å². The number of halogens is 1. The highest BCUT2D eigenvalue weighted by Crippen LogP contribution is 2.20. The average molecular weight is 391 g/mol. The summed E-state index contributed by atoms with van der Waals surface area (Å²) in [5.74, 6) is -0.485. The maximum Gasteiger partial charge on any atom is 0.272 e. The molecule has 0 saturated carbocycles. The van der Waals surface area contributed by atoms with Crippen molar-refractivity contribution in [2.24, 2.45) is 0 Å². The topological polar surface area (TPSA) is 79.4 Å². The zero-order chi connectivity index (χ0) is 19.4. The number of benzene rings is 1. The van der Waals surface area contributed by atoms with Crippen LogP contribution < -0.4 is 5.32 Å². The summed E-state index contributed by atoms with van der Waals surface area (Å²) < 4.78 is 37.2. The Morgan fingerprint density at radius 2 is 2.11 bits per heavy atom. The molecule has 3 rings (SSSR count). The first-order valence-corrected chi connectivity index (χ1v) is 10.7. The van der Waals surface area contributed by atoms with E-state index in [9.17, 15) is 17.6 Å². The molecule has 0 aliphatic carbocycles. The molecule has 6 nitrogen and oxygen atoms in total. The van der Waals surface area contributed by atoms with E-state index >= 15 is 0 Å². The highest BCUT2D eigenvalue weighted by Gasteiger charge is 2.34. The van der Waals surface area contributed by atoms with Crippen LogP contribution in [0.1, 0.15) is 29.4 Å². The number of rotatable bonds is 6. The summed E-state index contributed by atoms with van der Waals surface area (Å²) in [6.07, 6.45) is 1.96. The summed E-state index contributed by atoms with van der Waals surface area (Å²) in [5, 5.41) is 3.09. The Hall–Kier alpha value is -2.48. The fraction of sp³-hybridized carbons (Fsp3) is 0.368. The van der Waals surface area contributed by atoms with Crippen molar-refractivity contribution >= 4 is 21.4 Å². The molecule has 0 spiro atoms. The van der Waals surface area contributed by atoms with Gasteiger partial charge in [0.15, 0.2) is 9.84 Å². The van der Waals surface area contributed by atoms with Crippen LogP contribution in [0.2, 0.25) is 0 Å². The molecule has 8 heteroatoms. The quantitative estimate of drug-likeness (QED) is 0.818. The van der Waals surface area contributed by atoms with E-state index < -0.39 is 9.84 Å². The molecule has 1 fully saturated rings. The van der Waals surface area contributed by atoms with Crippen molar-refractivity contribution in [3.05, 3.63) is 59.7 Å². The standard InChI is InChI=1S/C19H22FN3O3S/c1-2-23(16-8-10-27(25,26)13-16)19(24)18-11-15(7-9-21-18)22-12-14-5-3-4-6-17(14)20/h3-7,9,11,16H,2,8,10,12-13H2,1H3,(H,21,22). The minimum absolute atomic E-state index is 0.00218. The van der Waals surface area contributed by atoms with Gasteiger partial charge < -0.3 is 10.2 Å². The summed E-state index contributed by atoms with van der Waals surface area (Å²) in [5.41, 5.74) is 1.40. The van der Waals surface area contributed by atoms with Gasteiger partial charge in [-0.3, -0.25) is 9.78 Å². The average Bonchev–Trinajstić information content (AvgIpc) is 3.01. The van der Waals surface area contributed by atoms with E-state index in [2.05, 4.69) is 10.3 Å². The number of amides is 1.